The maximum absolute atomic E-state index is 14.3. The summed E-state index contributed by atoms with van der Waals surface area (Å²) >= 11 is 0. The predicted molar refractivity (Wildman–Crippen MR) is 125 cm³/mol. The van der Waals surface area contributed by atoms with Crippen molar-refractivity contribution in [1.29, 1.82) is 0 Å². The SMILES string of the molecule is NS(=O)(=O)c1ccc(-c2cccc([N+]3([O-])C=C(C(=O)NC4CC4)Cc4cccnc43)c2)cc1. The molecule has 1 atom stereocenters. The first kappa shape index (κ1) is 21.5. The van der Waals surface area contributed by atoms with Crippen molar-refractivity contribution in [2.45, 2.75) is 30.2 Å². The molecular formula is C24H22N4O4S. The summed E-state index contributed by atoms with van der Waals surface area (Å²) in [5, 5.41) is 22.4. The molecule has 1 saturated carbocycles. The summed E-state index contributed by atoms with van der Waals surface area (Å²) in [6.07, 6.45) is 5.26. The number of nitrogens with one attached hydrogen (secondary N) is 1. The minimum Gasteiger partial charge on any atom is -0.616 e. The van der Waals surface area contributed by atoms with E-state index in [4.69, 9.17) is 5.14 Å². The van der Waals surface area contributed by atoms with Gasteiger partial charge in [-0.15, -0.1) is 0 Å². The average molecular weight is 463 g/mol. The summed E-state index contributed by atoms with van der Waals surface area (Å²) < 4.78 is 22.1. The van der Waals surface area contributed by atoms with Crippen molar-refractivity contribution < 1.29 is 13.2 Å². The minimum absolute atomic E-state index is 0.0122. The summed E-state index contributed by atoms with van der Waals surface area (Å²) in [5.74, 6) is 0.0993. The summed E-state index contributed by atoms with van der Waals surface area (Å²) in [6.45, 7) is 0. The van der Waals surface area contributed by atoms with E-state index < -0.39 is 14.7 Å². The largest absolute Gasteiger partial charge is 0.616 e. The number of primary sulfonamides is 1. The van der Waals surface area contributed by atoms with E-state index in [0.717, 1.165) is 24.0 Å². The molecule has 1 aromatic heterocycles. The molecule has 0 saturated heterocycles. The highest BCUT2D eigenvalue weighted by Crippen LogP contribution is 2.41. The van der Waals surface area contributed by atoms with Crippen LogP contribution < -0.4 is 15.1 Å². The number of quaternary nitrogens is 1. The lowest BCUT2D eigenvalue weighted by atomic mass is 9.99. The molecule has 9 heteroatoms. The molecule has 1 aliphatic carbocycles. The third-order valence-corrected chi connectivity index (χ3v) is 6.78. The molecule has 2 aliphatic rings. The second-order valence-electron chi connectivity index (χ2n) is 8.34. The standard InChI is InChI=1S/C24H22N4O4S/c25-33(31,32)22-10-6-16(7-11-22)17-3-1-5-21(14-17)28(30)15-19(24(29)27-20-8-9-20)13-18-4-2-12-26-23(18)28/h1-7,10-12,14-15,20H,8-9,13H2,(H,27,29)(H2,25,31,32). The highest BCUT2D eigenvalue weighted by Gasteiger charge is 2.35. The molecule has 2 aromatic carbocycles. The van der Waals surface area contributed by atoms with E-state index in [2.05, 4.69) is 10.3 Å². The zero-order valence-electron chi connectivity index (χ0n) is 17.6. The van der Waals surface area contributed by atoms with Gasteiger partial charge in [0, 0.05) is 36.4 Å². The molecule has 5 rings (SSSR count). The van der Waals surface area contributed by atoms with Gasteiger partial charge in [-0.25, -0.2) is 18.5 Å². The summed E-state index contributed by atoms with van der Waals surface area (Å²) in [5.41, 5.74) is 2.96. The van der Waals surface area contributed by atoms with E-state index in [9.17, 15) is 18.4 Å². The van der Waals surface area contributed by atoms with E-state index in [1.807, 2.05) is 12.1 Å². The number of pyridine rings is 1. The molecule has 0 spiro atoms. The molecule has 0 bridgehead atoms. The normalized spacial score (nSPS) is 20.0. The summed E-state index contributed by atoms with van der Waals surface area (Å²) in [7, 11) is -3.80. The molecule has 3 N–H and O–H groups in total. The van der Waals surface area contributed by atoms with Crippen molar-refractivity contribution in [3.8, 4) is 11.1 Å². The van der Waals surface area contributed by atoms with E-state index >= 15 is 0 Å². The number of amides is 1. The van der Waals surface area contributed by atoms with Crippen molar-refractivity contribution in [2.24, 2.45) is 5.14 Å². The van der Waals surface area contributed by atoms with Crippen LogP contribution in [0.4, 0.5) is 11.5 Å². The number of nitrogens with two attached hydrogens (primary N) is 1. The first-order valence-corrected chi connectivity index (χ1v) is 12.1. The Bertz CT molecular complexity index is 1380. The monoisotopic (exact) mass is 462 g/mol. The van der Waals surface area contributed by atoms with Gasteiger partial charge in [0.15, 0.2) is 0 Å². The van der Waals surface area contributed by atoms with Crippen LogP contribution in [0.5, 0.6) is 0 Å². The van der Waals surface area contributed by atoms with Crippen molar-refractivity contribution in [1.82, 2.24) is 14.9 Å². The third-order valence-electron chi connectivity index (χ3n) is 5.85. The number of hydroxylamine groups is 1. The molecule has 3 aromatic rings. The van der Waals surface area contributed by atoms with Crippen LogP contribution in [0.1, 0.15) is 18.4 Å². The molecule has 1 unspecified atom stereocenters. The Morgan fingerprint density at radius 3 is 2.52 bits per heavy atom. The molecule has 1 aliphatic heterocycles. The Kier molecular flexibility index (Phi) is 5.13. The Hall–Kier alpha value is -3.37. The number of sulfonamides is 1. The van der Waals surface area contributed by atoms with Gasteiger partial charge in [-0.2, -0.15) is 0 Å². The molecule has 0 radical (unpaired) electrons. The fourth-order valence-electron chi connectivity index (χ4n) is 3.97. The number of carbonyl (C=O) groups is 1. The van der Waals surface area contributed by atoms with E-state index in [1.54, 1.807) is 42.6 Å². The molecule has 2 heterocycles. The van der Waals surface area contributed by atoms with Crippen LogP contribution in [-0.2, 0) is 21.2 Å². The van der Waals surface area contributed by atoms with Gasteiger partial charge in [-0.1, -0.05) is 24.3 Å². The van der Waals surface area contributed by atoms with Crippen molar-refractivity contribution in [2.75, 3.05) is 0 Å². The van der Waals surface area contributed by atoms with Crippen molar-refractivity contribution in [3.05, 3.63) is 89.4 Å². The van der Waals surface area contributed by atoms with Crippen LogP contribution in [0.15, 0.2) is 83.5 Å². The smallest absolute Gasteiger partial charge is 0.253 e. The van der Waals surface area contributed by atoms with Gasteiger partial charge < -0.3 is 10.5 Å². The highest BCUT2D eigenvalue weighted by molar-refractivity contribution is 7.89. The fraction of sp³-hybridized carbons (Fsp3) is 0.167. The van der Waals surface area contributed by atoms with Crippen molar-refractivity contribution >= 4 is 27.4 Å². The van der Waals surface area contributed by atoms with Gasteiger partial charge >= 0.3 is 0 Å². The zero-order valence-corrected chi connectivity index (χ0v) is 18.5. The van der Waals surface area contributed by atoms with E-state index in [-0.39, 0.29) is 16.8 Å². The van der Waals surface area contributed by atoms with E-state index in [1.165, 1.54) is 18.3 Å². The Labute approximate surface area is 191 Å². The lowest BCUT2D eigenvalue weighted by molar-refractivity contribution is -0.117. The molecule has 33 heavy (non-hydrogen) atoms. The second kappa shape index (κ2) is 7.89. The van der Waals surface area contributed by atoms with Gasteiger partial charge in [0.05, 0.1) is 10.5 Å². The molecule has 8 nitrogen and oxygen atoms in total. The van der Waals surface area contributed by atoms with Gasteiger partial charge in [0.1, 0.15) is 11.9 Å². The maximum Gasteiger partial charge on any atom is 0.253 e. The lowest BCUT2D eigenvalue weighted by Crippen LogP contribution is -2.39. The van der Waals surface area contributed by atoms with Crippen LogP contribution in [0.3, 0.4) is 0 Å². The minimum atomic E-state index is -3.80. The second-order valence-corrected chi connectivity index (χ2v) is 9.90. The first-order chi connectivity index (χ1) is 15.7. The highest BCUT2D eigenvalue weighted by atomic mass is 32.2. The van der Waals surface area contributed by atoms with Gasteiger partial charge in [0.25, 0.3) is 5.91 Å². The predicted octanol–water partition coefficient (Wildman–Crippen LogP) is 3.25. The molecule has 1 fully saturated rings. The number of carbonyl (C=O) groups excluding carboxylic acids is 1. The fourth-order valence-corrected chi connectivity index (χ4v) is 4.48. The van der Waals surface area contributed by atoms with Crippen LogP contribution in [-0.4, -0.2) is 25.4 Å². The van der Waals surface area contributed by atoms with Crippen LogP contribution in [0.2, 0.25) is 0 Å². The van der Waals surface area contributed by atoms with Crippen LogP contribution in [0.25, 0.3) is 11.1 Å². The summed E-state index contributed by atoms with van der Waals surface area (Å²) in [6, 6.07) is 16.9. The molecule has 1 amide bonds. The lowest BCUT2D eigenvalue weighted by Gasteiger charge is -2.40. The summed E-state index contributed by atoms with van der Waals surface area (Å²) in [4.78, 5) is 17.1. The Balaban J connectivity index is 1.57. The Morgan fingerprint density at radius 1 is 1.06 bits per heavy atom. The number of hydrogen-bond acceptors (Lipinski definition) is 5. The quantitative estimate of drug-likeness (QED) is 0.445. The number of hydrogen-bond donors (Lipinski definition) is 2. The van der Waals surface area contributed by atoms with Gasteiger partial charge in [0.2, 0.25) is 15.8 Å². The third kappa shape index (κ3) is 4.19. The number of nitrogens with zero attached hydrogens (tertiary/aromatic N) is 2. The van der Waals surface area contributed by atoms with Crippen LogP contribution >= 0.6 is 0 Å². The first-order valence-electron chi connectivity index (χ1n) is 10.5. The number of benzene rings is 2. The number of fused-ring (bicyclic) bond motifs is 1. The van der Waals surface area contributed by atoms with Gasteiger partial charge in [-0.3, -0.25) is 9.44 Å². The van der Waals surface area contributed by atoms with Crippen LogP contribution in [0, 0.1) is 5.21 Å². The number of rotatable bonds is 5. The van der Waals surface area contributed by atoms with Gasteiger partial charge in [-0.05, 0) is 48.2 Å². The zero-order chi connectivity index (χ0) is 23.2. The topological polar surface area (TPSA) is 125 Å². The Morgan fingerprint density at radius 2 is 1.82 bits per heavy atom. The molecular weight excluding hydrogens is 440 g/mol. The van der Waals surface area contributed by atoms with Crippen molar-refractivity contribution in [3.63, 3.8) is 0 Å². The molecule has 168 valence electrons. The van der Waals surface area contributed by atoms with E-state index in [0.29, 0.717) is 29.1 Å². The number of aromatic nitrogens is 1. The maximum atomic E-state index is 14.3. The average Bonchev–Trinajstić information content (AvgIpc) is 3.63.